The molecule has 1 atom stereocenters. The van der Waals surface area contributed by atoms with E-state index in [4.69, 9.17) is 16.3 Å². The molecule has 1 N–H and O–H groups in total. The van der Waals surface area contributed by atoms with Crippen LogP contribution in [0.4, 0.5) is 0 Å². The summed E-state index contributed by atoms with van der Waals surface area (Å²) in [4.78, 5) is 24.2. The van der Waals surface area contributed by atoms with Gasteiger partial charge in [0.2, 0.25) is 5.78 Å². The van der Waals surface area contributed by atoms with Crippen LogP contribution in [0.25, 0.3) is 0 Å². The molecule has 1 aliphatic heterocycles. The van der Waals surface area contributed by atoms with Gasteiger partial charge >= 0.3 is 5.97 Å². The van der Waals surface area contributed by atoms with Gasteiger partial charge < -0.3 is 10.1 Å². The first-order chi connectivity index (χ1) is 10.6. The minimum absolute atomic E-state index is 0.0140. The van der Waals surface area contributed by atoms with Crippen LogP contribution in [0.1, 0.15) is 30.1 Å². The monoisotopic (exact) mass is 318 g/mol. The Morgan fingerprint density at radius 1 is 1.45 bits per heavy atom. The highest BCUT2D eigenvalue weighted by Crippen LogP contribution is 2.24. The van der Waals surface area contributed by atoms with Crippen molar-refractivity contribution in [1.82, 2.24) is 5.32 Å². The van der Waals surface area contributed by atoms with Gasteiger partial charge in [-0.3, -0.25) is 4.79 Å². The van der Waals surface area contributed by atoms with E-state index in [0.717, 1.165) is 0 Å². The van der Waals surface area contributed by atoms with E-state index in [0.29, 0.717) is 30.2 Å². The molecule has 1 saturated heterocycles. The third-order valence-electron chi connectivity index (χ3n) is 3.36. The largest absolute Gasteiger partial charge is 0.464 e. The third kappa shape index (κ3) is 3.29. The van der Waals surface area contributed by atoms with Crippen LogP contribution in [-0.4, -0.2) is 24.4 Å². The third-order valence-corrected chi connectivity index (χ3v) is 3.69. The zero-order chi connectivity index (χ0) is 16.1. The summed E-state index contributed by atoms with van der Waals surface area (Å²) < 4.78 is 4.94. The van der Waals surface area contributed by atoms with Crippen LogP contribution in [-0.2, 0) is 9.53 Å². The minimum atomic E-state index is -0.516. The van der Waals surface area contributed by atoms with Gasteiger partial charge in [-0.15, -0.1) is 0 Å². The van der Waals surface area contributed by atoms with Gasteiger partial charge in [-0.25, -0.2) is 4.79 Å². The van der Waals surface area contributed by atoms with Gasteiger partial charge in [-0.1, -0.05) is 23.7 Å². The molecule has 0 spiro atoms. The molecule has 1 unspecified atom stereocenters. The molecule has 0 amide bonds. The normalized spacial score (nSPS) is 19.0. The van der Waals surface area contributed by atoms with Gasteiger partial charge in [-0.2, -0.15) is 5.26 Å². The molecular formula is C16H15ClN2O3. The molecule has 5 nitrogen and oxygen atoms in total. The maximum atomic E-state index is 12.5. The number of hydrogen-bond donors (Lipinski definition) is 1. The number of nitrogens with zero attached hydrogens (tertiary/aromatic N) is 1. The number of carbonyl (C=O) groups is 2. The highest BCUT2D eigenvalue weighted by molar-refractivity contribution is 6.35. The van der Waals surface area contributed by atoms with E-state index >= 15 is 0 Å². The first-order valence-corrected chi connectivity index (χ1v) is 7.32. The summed E-state index contributed by atoms with van der Waals surface area (Å²) >= 11 is 6.00. The number of hydrogen-bond acceptors (Lipinski definition) is 5. The second-order valence-corrected chi connectivity index (χ2v) is 5.17. The maximum absolute atomic E-state index is 12.5. The van der Waals surface area contributed by atoms with Crippen molar-refractivity contribution < 1.29 is 14.3 Å². The number of carbonyl (C=O) groups excluding carboxylic acids is 2. The Hall–Kier alpha value is -2.32. The number of nitriles is 1. The Labute approximate surface area is 133 Å². The maximum Gasteiger partial charge on any atom is 0.328 e. The Morgan fingerprint density at radius 2 is 2.18 bits per heavy atom. The van der Waals surface area contributed by atoms with Crippen molar-refractivity contribution in [2.24, 2.45) is 0 Å². The lowest BCUT2D eigenvalue weighted by molar-refractivity contribution is -0.145. The van der Waals surface area contributed by atoms with E-state index in [1.54, 1.807) is 31.2 Å². The molecule has 0 bridgehead atoms. The van der Waals surface area contributed by atoms with E-state index in [9.17, 15) is 14.9 Å². The summed E-state index contributed by atoms with van der Waals surface area (Å²) in [6, 6.07) is 7.96. The molecule has 0 aromatic heterocycles. The van der Waals surface area contributed by atoms with Crippen LogP contribution in [0.3, 0.4) is 0 Å². The van der Waals surface area contributed by atoms with Crippen LogP contribution < -0.4 is 5.32 Å². The lowest BCUT2D eigenvalue weighted by atomic mass is 10.0. The number of ether oxygens (including phenoxy) is 1. The molecule has 2 rings (SSSR count). The molecule has 0 radical (unpaired) electrons. The summed E-state index contributed by atoms with van der Waals surface area (Å²) in [6.45, 7) is 2.02. The summed E-state index contributed by atoms with van der Waals surface area (Å²) in [5.74, 6) is -0.819. The van der Waals surface area contributed by atoms with Gasteiger partial charge in [0.15, 0.2) is 0 Å². The lowest BCUT2D eigenvalue weighted by Crippen LogP contribution is -2.32. The Morgan fingerprint density at radius 3 is 2.82 bits per heavy atom. The highest BCUT2D eigenvalue weighted by Gasteiger charge is 2.30. The molecule has 1 aliphatic rings. The molecule has 0 aliphatic carbocycles. The zero-order valence-corrected chi connectivity index (χ0v) is 12.8. The van der Waals surface area contributed by atoms with Gasteiger partial charge in [0.1, 0.15) is 17.7 Å². The van der Waals surface area contributed by atoms with Crippen LogP contribution in [0.2, 0.25) is 5.02 Å². The Balaban J connectivity index is 2.26. The Bertz CT molecular complexity index is 676. The van der Waals surface area contributed by atoms with Crippen LogP contribution in [0, 0.1) is 11.3 Å². The molecule has 1 heterocycles. The van der Waals surface area contributed by atoms with Crippen LogP contribution in [0.5, 0.6) is 0 Å². The second kappa shape index (κ2) is 7.10. The van der Waals surface area contributed by atoms with E-state index < -0.39 is 11.8 Å². The molecule has 114 valence electrons. The standard InChI is InChI=1S/C16H15ClN2O3/c1-2-22-16(21)14-8-7-13(19-14)11(9-18)15(20)10-5-3-4-6-12(10)17/h3-6,14,19H,2,7-8H2,1H3/b13-11-. The average molecular weight is 319 g/mol. The lowest BCUT2D eigenvalue weighted by Gasteiger charge is -2.10. The number of ketones is 1. The number of esters is 1. The number of allylic oxidation sites excluding steroid dienone is 2. The summed E-state index contributed by atoms with van der Waals surface area (Å²) in [5.41, 5.74) is 0.722. The van der Waals surface area contributed by atoms with E-state index in [1.807, 2.05) is 6.07 Å². The smallest absolute Gasteiger partial charge is 0.328 e. The summed E-state index contributed by atoms with van der Waals surface area (Å²) in [7, 11) is 0. The van der Waals surface area contributed by atoms with Gasteiger partial charge in [0.25, 0.3) is 0 Å². The van der Waals surface area contributed by atoms with E-state index in [1.165, 1.54) is 0 Å². The number of benzene rings is 1. The minimum Gasteiger partial charge on any atom is -0.464 e. The molecule has 6 heteroatoms. The molecular weight excluding hydrogens is 304 g/mol. The van der Waals surface area contributed by atoms with Crippen molar-refractivity contribution in [3.05, 3.63) is 46.1 Å². The average Bonchev–Trinajstić information content (AvgIpc) is 2.98. The van der Waals surface area contributed by atoms with Crippen molar-refractivity contribution in [2.45, 2.75) is 25.8 Å². The molecule has 1 aromatic rings. The first-order valence-electron chi connectivity index (χ1n) is 6.94. The summed E-state index contributed by atoms with van der Waals surface area (Å²) in [6.07, 6.45) is 0.942. The number of nitrogens with one attached hydrogen (secondary N) is 1. The van der Waals surface area contributed by atoms with Crippen LogP contribution >= 0.6 is 11.6 Å². The number of Topliss-reactive ketones (excluding diaryl/α,β-unsaturated/α-hetero) is 1. The van der Waals surface area contributed by atoms with Crippen molar-refractivity contribution >= 4 is 23.4 Å². The quantitative estimate of drug-likeness (QED) is 0.399. The predicted octanol–water partition coefficient (Wildman–Crippen LogP) is 2.62. The fourth-order valence-corrected chi connectivity index (χ4v) is 2.52. The molecule has 22 heavy (non-hydrogen) atoms. The molecule has 1 fully saturated rings. The zero-order valence-electron chi connectivity index (χ0n) is 12.1. The van der Waals surface area contributed by atoms with Crippen molar-refractivity contribution in [3.8, 4) is 6.07 Å². The Kier molecular flexibility index (Phi) is 5.18. The van der Waals surface area contributed by atoms with Crippen molar-refractivity contribution in [1.29, 1.82) is 5.26 Å². The number of halogens is 1. The van der Waals surface area contributed by atoms with E-state index in [2.05, 4.69) is 5.32 Å². The molecule has 1 aromatic carbocycles. The van der Waals surface area contributed by atoms with Crippen LogP contribution in [0.15, 0.2) is 35.5 Å². The number of rotatable bonds is 4. The van der Waals surface area contributed by atoms with Gasteiger partial charge in [0.05, 0.1) is 11.6 Å². The topological polar surface area (TPSA) is 79.2 Å². The fourth-order valence-electron chi connectivity index (χ4n) is 2.30. The molecule has 0 saturated carbocycles. The second-order valence-electron chi connectivity index (χ2n) is 4.76. The van der Waals surface area contributed by atoms with Crippen molar-refractivity contribution in [2.75, 3.05) is 6.61 Å². The van der Waals surface area contributed by atoms with Gasteiger partial charge in [-0.05, 0) is 31.9 Å². The van der Waals surface area contributed by atoms with Crippen molar-refractivity contribution in [3.63, 3.8) is 0 Å². The SMILES string of the molecule is CCOC(=O)C1CC/C(=C(\C#N)C(=O)c2ccccc2Cl)N1. The van der Waals surface area contributed by atoms with E-state index in [-0.39, 0.29) is 17.1 Å². The summed E-state index contributed by atoms with van der Waals surface area (Å²) in [5, 5.41) is 12.5. The van der Waals surface area contributed by atoms with Gasteiger partial charge in [0, 0.05) is 11.3 Å². The predicted molar refractivity (Wildman–Crippen MR) is 81.2 cm³/mol. The highest BCUT2D eigenvalue weighted by atomic mass is 35.5. The fraction of sp³-hybridized carbons (Fsp3) is 0.312. The first kappa shape index (κ1) is 16.1.